The maximum Gasteiger partial charge on any atom is 0.332 e. The Morgan fingerprint density at radius 3 is 2.54 bits per heavy atom. The molecule has 8 nitrogen and oxygen atoms in total. The molecule has 0 aliphatic rings. The van der Waals surface area contributed by atoms with Gasteiger partial charge in [-0.3, -0.25) is 18.5 Å². The molecule has 0 radical (unpaired) electrons. The van der Waals surface area contributed by atoms with Crippen molar-refractivity contribution in [2.45, 2.75) is 20.4 Å². The number of benzene rings is 1. The number of fused-ring (bicyclic) bond motifs is 1. The molecule has 0 aliphatic heterocycles. The molecule has 0 saturated heterocycles. The van der Waals surface area contributed by atoms with E-state index >= 15 is 0 Å². The van der Waals surface area contributed by atoms with Gasteiger partial charge in [-0.1, -0.05) is 29.8 Å². The fourth-order valence-corrected chi connectivity index (χ4v) is 2.84. The summed E-state index contributed by atoms with van der Waals surface area (Å²) < 4.78 is 4.09. The van der Waals surface area contributed by atoms with Gasteiger partial charge in [0, 0.05) is 24.8 Å². The highest BCUT2D eigenvalue weighted by atomic mass is 35.5. The van der Waals surface area contributed by atoms with Crippen LogP contribution in [0.25, 0.3) is 11.2 Å². The summed E-state index contributed by atoms with van der Waals surface area (Å²) in [5.74, 6) is 0.361. The van der Waals surface area contributed by atoms with E-state index < -0.39 is 11.2 Å². The zero-order valence-corrected chi connectivity index (χ0v) is 15.7. The van der Waals surface area contributed by atoms with Gasteiger partial charge in [-0.2, -0.15) is 10.1 Å². The number of aryl methyl sites for hydroxylation is 1. The fraction of sp³-hybridized carbons (Fsp3) is 0.294. The van der Waals surface area contributed by atoms with Gasteiger partial charge in [0.25, 0.3) is 5.56 Å². The van der Waals surface area contributed by atoms with Crippen LogP contribution in [0.5, 0.6) is 0 Å². The lowest BCUT2D eigenvalue weighted by Gasteiger charge is -2.10. The lowest BCUT2D eigenvalue weighted by atomic mass is 10.2. The molecule has 0 saturated carbocycles. The molecule has 0 amide bonds. The van der Waals surface area contributed by atoms with E-state index in [0.29, 0.717) is 23.0 Å². The average molecular weight is 375 g/mol. The van der Waals surface area contributed by atoms with Gasteiger partial charge in [0.1, 0.15) is 0 Å². The van der Waals surface area contributed by atoms with E-state index in [0.717, 1.165) is 15.8 Å². The molecule has 0 bridgehead atoms. The summed E-state index contributed by atoms with van der Waals surface area (Å²) in [4.78, 5) is 29.4. The summed E-state index contributed by atoms with van der Waals surface area (Å²) in [6.45, 7) is 3.98. The molecule has 9 heteroatoms. The van der Waals surface area contributed by atoms with E-state index in [-0.39, 0.29) is 5.65 Å². The lowest BCUT2D eigenvalue weighted by Crippen LogP contribution is -2.37. The van der Waals surface area contributed by atoms with Gasteiger partial charge < -0.3 is 0 Å². The molecule has 1 N–H and O–H groups in total. The highest BCUT2D eigenvalue weighted by Gasteiger charge is 2.19. The average Bonchev–Trinajstić information content (AvgIpc) is 2.97. The Bertz CT molecular complexity index is 1130. The molecule has 0 aliphatic carbocycles. The van der Waals surface area contributed by atoms with Crippen molar-refractivity contribution in [2.75, 3.05) is 5.43 Å². The number of nitrogens with one attached hydrogen (secondary N) is 1. The van der Waals surface area contributed by atoms with Crippen LogP contribution in [0.1, 0.15) is 19.4 Å². The quantitative estimate of drug-likeness (QED) is 0.558. The second-order valence-corrected chi connectivity index (χ2v) is 6.57. The molecule has 3 aromatic rings. The maximum absolute atomic E-state index is 12.7. The second kappa shape index (κ2) is 6.80. The summed E-state index contributed by atoms with van der Waals surface area (Å²) in [6, 6.07) is 7.37. The van der Waals surface area contributed by atoms with Gasteiger partial charge in [-0.05, 0) is 25.5 Å². The number of hydrazone groups is 1. The van der Waals surface area contributed by atoms with Crippen LogP contribution in [-0.4, -0.2) is 24.4 Å². The predicted molar refractivity (Wildman–Crippen MR) is 103 cm³/mol. The van der Waals surface area contributed by atoms with Crippen molar-refractivity contribution in [3.8, 4) is 0 Å². The summed E-state index contributed by atoms with van der Waals surface area (Å²) in [7, 11) is 3.02. The molecule has 1 aromatic carbocycles. The molecule has 3 rings (SSSR count). The molecular formula is C17H19ClN6O2. The van der Waals surface area contributed by atoms with E-state index in [1.807, 2.05) is 32.0 Å². The number of anilines is 1. The smallest absolute Gasteiger partial charge is 0.298 e. The van der Waals surface area contributed by atoms with Crippen LogP contribution >= 0.6 is 11.6 Å². The lowest BCUT2D eigenvalue weighted by molar-refractivity contribution is 0.702. The zero-order valence-electron chi connectivity index (χ0n) is 14.9. The molecule has 136 valence electrons. The van der Waals surface area contributed by atoms with Crippen LogP contribution < -0.4 is 16.7 Å². The zero-order chi connectivity index (χ0) is 19.0. The maximum atomic E-state index is 12.7. The third-order valence-electron chi connectivity index (χ3n) is 4.01. The van der Waals surface area contributed by atoms with Crippen LogP contribution in [0.3, 0.4) is 0 Å². The SMILES string of the molecule is CC(C)=NNc1nc2c(c(=O)n(C)c(=O)n2C)n1Cc1ccccc1Cl. The highest BCUT2D eigenvalue weighted by Crippen LogP contribution is 2.22. The Labute approximate surface area is 154 Å². The predicted octanol–water partition coefficient (Wildman–Crippen LogP) is 1.94. The summed E-state index contributed by atoms with van der Waals surface area (Å²) in [5.41, 5.74) is 4.22. The molecule has 0 unspecified atom stereocenters. The van der Waals surface area contributed by atoms with Gasteiger partial charge >= 0.3 is 5.69 Å². The first-order valence-electron chi connectivity index (χ1n) is 7.97. The monoisotopic (exact) mass is 374 g/mol. The van der Waals surface area contributed by atoms with Crippen LogP contribution in [0.2, 0.25) is 5.02 Å². The van der Waals surface area contributed by atoms with Crippen molar-refractivity contribution in [3.05, 3.63) is 55.7 Å². The van der Waals surface area contributed by atoms with Crippen LogP contribution in [0.15, 0.2) is 39.0 Å². The minimum absolute atomic E-state index is 0.289. The molecule has 0 fully saturated rings. The molecule has 2 heterocycles. The van der Waals surface area contributed by atoms with Crippen molar-refractivity contribution in [1.29, 1.82) is 0 Å². The summed E-state index contributed by atoms with van der Waals surface area (Å²) in [5, 5.41) is 4.75. The Morgan fingerprint density at radius 2 is 1.88 bits per heavy atom. The first-order chi connectivity index (χ1) is 12.3. The van der Waals surface area contributed by atoms with E-state index in [9.17, 15) is 9.59 Å². The molecular weight excluding hydrogens is 356 g/mol. The Morgan fingerprint density at radius 1 is 1.19 bits per heavy atom. The first-order valence-corrected chi connectivity index (χ1v) is 8.35. The molecule has 2 aromatic heterocycles. The van der Waals surface area contributed by atoms with Crippen molar-refractivity contribution in [3.63, 3.8) is 0 Å². The minimum atomic E-state index is -0.438. The van der Waals surface area contributed by atoms with Crippen molar-refractivity contribution < 1.29 is 0 Å². The Kier molecular flexibility index (Phi) is 4.69. The van der Waals surface area contributed by atoms with Gasteiger partial charge in [0.2, 0.25) is 5.95 Å². The van der Waals surface area contributed by atoms with E-state index in [4.69, 9.17) is 11.6 Å². The third kappa shape index (κ3) is 3.03. The number of rotatable bonds is 4. The number of hydrogen-bond acceptors (Lipinski definition) is 5. The Hall–Kier alpha value is -2.87. The summed E-state index contributed by atoms with van der Waals surface area (Å²) in [6.07, 6.45) is 0. The van der Waals surface area contributed by atoms with Gasteiger partial charge in [-0.25, -0.2) is 10.2 Å². The number of hydrogen-bond donors (Lipinski definition) is 1. The van der Waals surface area contributed by atoms with Gasteiger partial charge in [0.05, 0.1) is 6.54 Å². The largest absolute Gasteiger partial charge is 0.332 e. The first kappa shape index (κ1) is 17.9. The Balaban J connectivity index is 2.31. The third-order valence-corrected chi connectivity index (χ3v) is 4.38. The topological polar surface area (TPSA) is 86.2 Å². The van der Waals surface area contributed by atoms with Gasteiger partial charge in [-0.15, -0.1) is 0 Å². The minimum Gasteiger partial charge on any atom is -0.298 e. The molecule has 0 atom stereocenters. The van der Waals surface area contributed by atoms with E-state index in [2.05, 4.69) is 15.5 Å². The summed E-state index contributed by atoms with van der Waals surface area (Å²) >= 11 is 6.28. The standard InChI is InChI=1S/C17H19ClN6O2/c1-10(2)20-21-16-19-14-13(15(25)23(4)17(26)22(14)3)24(16)9-11-7-5-6-8-12(11)18/h5-8H,9H2,1-4H3,(H,19,21). The number of halogens is 1. The van der Waals surface area contributed by atoms with Crippen LogP contribution in [0, 0.1) is 0 Å². The fourth-order valence-electron chi connectivity index (χ4n) is 2.64. The number of aromatic nitrogens is 4. The number of imidazole rings is 1. The second-order valence-electron chi connectivity index (χ2n) is 6.16. The van der Waals surface area contributed by atoms with Gasteiger partial charge in [0.15, 0.2) is 11.2 Å². The number of nitrogens with zero attached hydrogens (tertiary/aromatic N) is 5. The molecule has 26 heavy (non-hydrogen) atoms. The highest BCUT2D eigenvalue weighted by molar-refractivity contribution is 6.31. The van der Waals surface area contributed by atoms with E-state index in [1.54, 1.807) is 17.7 Å². The van der Waals surface area contributed by atoms with Crippen LogP contribution in [0.4, 0.5) is 5.95 Å². The van der Waals surface area contributed by atoms with E-state index in [1.165, 1.54) is 11.6 Å². The molecule has 0 spiro atoms. The van der Waals surface area contributed by atoms with Crippen molar-refractivity contribution in [2.24, 2.45) is 19.2 Å². The van der Waals surface area contributed by atoms with Crippen LogP contribution in [-0.2, 0) is 20.6 Å². The van der Waals surface area contributed by atoms with Crippen molar-refractivity contribution in [1.82, 2.24) is 18.7 Å². The normalized spacial score (nSPS) is 11.0. The van der Waals surface area contributed by atoms with Crippen molar-refractivity contribution >= 4 is 34.4 Å².